The molecule has 0 spiro atoms. The van der Waals surface area contributed by atoms with Crippen molar-refractivity contribution < 1.29 is 27.5 Å². The second kappa shape index (κ2) is 9.97. The fourth-order valence-electron chi connectivity index (χ4n) is 3.80. The number of nitrogens with one attached hydrogen (secondary N) is 1. The summed E-state index contributed by atoms with van der Waals surface area (Å²) in [7, 11) is -0.879. The number of hydrogen-bond donors (Lipinski definition) is 1. The number of morpholine rings is 1. The molecule has 10 heteroatoms. The number of rotatable bonds is 7. The van der Waals surface area contributed by atoms with Crippen LogP contribution in [0.3, 0.4) is 0 Å². The Bertz CT molecular complexity index is 906. The number of hydrogen-bond acceptors (Lipinski definition) is 7. The molecule has 2 fully saturated rings. The number of nitrogens with zero attached hydrogens (tertiary/aromatic N) is 2. The molecule has 0 aromatic heterocycles. The molecule has 1 aromatic rings. The van der Waals surface area contributed by atoms with Crippen molar-refractivity contribution in [1.82, 2.24) is 9.62 Å². The van der Waals surface area contributed by atoms with Crippen LogP contribution < -0.4 is 10.2 Å². The van der Waals surface area contributed by atoms with E-state index in [1.165, 1.54) is 33.2 Å². The van der Waals surface area contributed by atoms with Crippen molar-refractivity contribution >= 4 is 27.6 Å². The quantitative estimate of drug-likeness (QED) is 0.622. The fraction of sp³-hybridized carbons (Fsp3) is 0.619. The highest BCUT2D eigenvalue weighted by atomic mass is 32.2. The lowest BCUT2D eigenvalue weighted by Gasteiger charge is -2.30. The van der Waals surface area contributed by atoms with Crippen LogP contribution in [0.2, 0.25) is 0 Å². The third-order valence-electron chi connectivity index (χ3n) is 5.67. The van der Waals surface area contributed by atoms with Crippen LogP contribution in [-0.4, -0.2) is 77.1 Å². The summed E-state index contributed by atoms with van der Waals surface area (Å²) in [6, 6.07) is 4.53. The molecule has 1 saturated carbocycles. The number of carbonyl (C=O) groups excluding carboxylic acids is 2. The van der Waals surface area contributed by atoms with Crippen LogP contribution in [-0.2, 0) is 24.3 Å². The molecule has 1 heterocycles. The van der Waals surface area contributed by atoms with Crippen molar-refractivity contribution in [2.24, 2.45) is 0 Å². The first-order valence-electron chi connectivity index (χ1n) is 10.6. The molecule has 2 aliphatic rings. The molecule has 1 amide bonds. The summed E-state index contributed by atoms with van der Waals surface area (Å²) in [4.78, 5) is 27.4. The molecule has 1 aliphatic heterocycles. The van der Waals surface area contributed by atoms with Gasteiger partial charge in [0.15, 0.2) is 6.10 Å². The van der Waals surface area contributed by atoms with Crippen LogP contribution in [0.5, 0.6) is 0 Å². The van der Waals surface area contributed by atoms with Crippen LogP contribution in [0.15, 0.2) is 23.1 Å². The van der Waals surface area contributed by atoms with E-state index in [9.17, 15) is 18.0 Å². The van der Waals surface area contributed by atoms with Gasteiger partial charge in [0.05, 0.1) is 29.4 Å². The maximum absolute atomic E-state index is 13.0. The van der Waals surface area contributed by atoms with Gasteiger partial charge in [-0.15, -0.1) is 0 Å². The molecule has 1 saturated heterocycles. The lowest BCUT2D eigenvalue weighted by molar-refractivity contribution is -0.129. The molecular formula is C21H31N3O6S. The molecule has 1 aliphatic carbocycles. The molecule has 1 aromatic carbocycles. The molecular weight excluding hydrogens is 422 g/mol. The average Bonchev–Trinajstić information content (AvgIpc) is 3.26. The summed E-state index contributed by atoms with van der Waals surface area (Å²) >= 11 is 0. The minimum Gasteiger partial charge on any atom is -0.449 e. The molecule has 9 nitrogen and oxygen atoms in total. The van der Waals surface area contributed by atoms with E-state index in [-0.39, 0.29) is 22.4 Å². The SMILES string of the molecule is C[C@@H](OC(=O)c1cc(S(=O)(=O)N(C)C)ccc1N1CCOCC1)C(=O)NC1CCCC1. The number of esters is 1. The lowest BCUT2D eigenvalue weighted by Crippen LogP contribution is -2.41. The maximum Gasteiger partial charge on any atom is 0.341 e. The third-order valence-corrected chi connectivity index (χ3v) is 7.48. The molecule has 0 bridgehead atoms. The van der Waals surface area contributed by atoms with E-state index in [1.807, 2.05) is 4.90 Å². The molecule has 31 heavy (non-hydrogen) atoms. The first-order chi connectivity index (χ1) is 14.7. The van der Waals surface area contributed by atoms with Crippen molar-refractivity contribution in [2.75, 3.05) is 45.3 Å². The zero-order chi connectivity index (χ0) is 22.6. The maximum atomic E-state index is 13.0. The third kappa shape index (κ3) is 5.55. The number of anilines is 1. The van der Waals surface area contributed by atoms with Crippen LogP contribution in [0, 0.1) is 0 Å². The van der Waals surface area contributed by atoms with Gasteiger partial charge in [0.1, 0.15) is 0 Å². The minimum atomic E-state index is -3.74. The largest absolute Gasteiger partial charge is 0.449 e. The van der Waals surface area contributed by atoms with Gasteiger partial charge in [-0.3, -0.25) is 4.79 Å². The molecule has 172 valence electrons. The second-order valence-corrected chi connectivity index (χ2v) is 10.3. The Labute approximate surface area is 183 Å². The highest BCUT2D eigenvalue weighted by molar-refractivity contribution is 7.89. The van der Waals surface area contributed by atoms with Crippen LogP contribution >= 0.6 is 0 Å². The molecule has 0 radical (unpaired) electrons. The van der Waals surface area contributed by atoms with Gasteiger partial charge in [0.25, 0.3) is 5.91 Å². The van der Waals surface area contributed by atoms with E-state index in [4.69, 9.17) is 9.47 Å². The van der Waals surface area contributed by atoms with Gasteiger partial charge < -0.3 is 19.7 Å². The number of amides is 1. The normalized spacial score (nSPS) is 18.8. The van der Waals surface area contributed by atoms with E-state index in [2.05, 4.69) is 5.32 Å². The van der Waals surface area contributed by atoms with E-state index in [0.717, 1.165) is 30.0 Å². The van der Waals surface area contributed by atoms with E-state index >= 15 is 0 Å². The Hall–Kier alpha value is -2.17. The van der Waals surface area contributed by atoms with Gasteiger partial charge >= 0.3 is 5.97 Å². The van der Waals surface area contributed by atoms with Gasteiger partial charge in [-0.1, -0.05) is 12.8 Å². The summed E-state index contributed by atoms with van der Waals surface area (Å²) in [5, 5.41) is 2.92. The van der Waals surface area contributed by atoms with Crippen molar-refractivity contribution in [3.63, 3.8) is 0 Å². The van der Waals surface area contributed by atoms with E-state index in [1.54, 1.807) is 6.07 Å². The van der Waals surface area contributed by atoms with Gasteiger partial charge in [0, 0.05) is 33.2 Å². The van der Waals surface area contributed by atoms with Crippen molar-refractivity contribution in [2.45, 2.75) is 49.6 Å². The molecule has 1 N–H and O–H groups in total. The topological polar surface area (TPSA) is 105 Å². The Balaban J connectivity index is 1.84. The monoisotopic (exact) mass is 453 g/mol. The van der Waals surface area contributed by atoms with Crippen molar-refractivity contribution in [3.8, 4) is 0 Å². The smallest absolute Gasteiger partial charge is 0.341 e. The Morgan fingerprint density at radius 1 is 1.19 bits per heavy atom. The summed E-state index contributed by atoms with van der Waals surface area (Å²) in [5.41, 5.74) is 0.680. The summed E-state index contributed by atoms with van der Waals surface area (Å²) in [6.45, 7) is 3.67. The van der Waals surface area contributed by atoms with Gasteiger partial charge in [-0.2, -0.15) is 0 Å². The Morgan fingerprint density at radius 2 is 1.84 bits per heavy atom. The minimum absolute atomic E-state index is 0.00970. The van der Waals surface area contributed by atoms with Gasteiger partial charge in [-0.25, -0.2) is 17.5 Å². The van der Waals surface area contributed by atoms with Gasteiger partial charge in [-0.05, 0) is 38.0 Å². The number of benzene rings is 1. The first kappa shape index (κ1) is 23.5. The average molecular weight is 454 g/mol. The standard InChI is InChI=1S/C21H31N3O6S/c1-15(20(25)22-16-6-4-5-7-16)30-21(26)18-14-17(31(27,28)23(2)3)8-9-19(18)24-10-12-29-13-11-24/h8-9,14-16H,4-7,10-13H2,1-3H3,(H,22,25)/t15-/m1/s1. The number of sulfonamides is 1. The van der Waals surface area contributed by atoms with E-state index in [0.29, 0.717) is 32.0 Å². The predicted molar refractivity (Wildman–Crippen MR) is 116 cm³/mol. The zero-order valence-electron chi connectivity index (χ0n) is 18.3. The summed E-state index contributed by atoms with van der Waals surface area (Å²) in [5.74, 6) is -1.07. The Kier molecular flexibility index (Phi) is 7.55. The molecule has 1 atom stereocenters. The fourth-order valence-corrected chi connectivity index (χ4v) is 4.72. The Morgan fingerprint density at radius 3 is 2.45 bits per heavy atom. The zero-order valence-corrected chi connectivity index (χ0v) is 19.1. The second-order valence-electron chi connectivity index (χ2n) is 8.10. The van der Waals surface area contributed by atoms with E-state index < -0.39 is 22.1 Å². The van der Waals surface area contributed by atoms with Crippen LogP contribution in [0.4, 0.5) is 5.69 Å². The number of ether oxygens (including phenoxy) is 2. The van der Waals surface area contributed by atoms with Gasteiger partial charge in [0.2, 0.25) is 10.0 Å². The highest BCUT2D eigenvalue weighted by Gasteiger charge is 2.28. The molecule has 0 unspecified atom stereocenters. The summed E-state index contributed by atoms with van der Waals surface area (Å²) < 4.78 is 37.1. The first-order valence-corrected chi connectivity index (χ1v) is 12.0. The number of carbonyl (C=O) groups is 2. The summed E-state index contributed by atoms with van der Waals surface area (Å²) in [6.07, 6.45) is 3.03. The van der Waals surface area contributed by atoms with Crippen molar-refractivity contribution in [3.05, 3.63) is 23.8 Å². The highest BCUT2D eigenvalue weighted by Crippen LogP contribution is 2.27. The predicted octanol–water partition coefficient (Wildman–Crippen LogP) is 1.38. The van der Waals surface area contributed by atoms with Crippen LogP contribution in [0.1, 0.15) is 43.0 Å². The van der Waals surface area contributed by atoms with Crippen molar-refractivity contribution in [1.29, 1.82) is 0 Å². The lowest BCUT2D eigenvalue weighted by atomic mass is 10.1. The molecule has 3 rings (SSSR count). The van der Waals surface area contributed by atoms with Crippen LogP contribution in [0.25, 0.3) is 0 Å².